The van der Waals surface area contributed by atoms with Crippen LogP contribution in [0.5, 0.6) is 0 Å². The molecule has 3 nitrogen and oxygen atoms in total. The number of rotatable bonds is 6. The second-order valence-electron chi connectivity index (χ2n) is 3.79. The Morgan fingerprint density at radius 2 is 2.24 bits per heavy atom. The van der Waals surface area contributed by atoms with Gasteiger partial charge in [0.05, 0.1) is 5.56 Å². The lowest BCUT2D eigenvalue weighted by Crippen LogP contribution is -2.26. The highest BCUT2D eigenvalue weighted by atomic mass is 127. The Morgan fingerprint density at radius 1 is 1.47 bits per heavy atom. The normalized spacial score (nSPS) is 10.3. The van der Waals surface area contributed by atoms with Crippen LogP contribution in [0.2, 0.25) is 0 Å². The van der Waals surface area contributed by atoms with Crippen molar-refractivity contribution in [3.8, 4) is 0 Å². The van der Waals surface area contributed by atoms with Crippen LogP contribution in [0.1, 0.15) is 29.3 Å². The summed E-state index contributed by atoms with van der Waals surface area (Å²) in [4.78, 5) is 11.9. The fourth-order valence-electron chi connectivity index (χ4n) is 1.42. The molecule has 0 heterocycles. The fourth-order valence-corrected chi connectivity index (χ4v) is 2.34. The first-order valence-electron chi connectivity index (χ1n) is 5.77. The van der Waals surface area contributed by atoms with Crippen molar-refractivity contribution in [2.45, 2.75) is 20.3 Å². The van der Waals surface area contributed by atoms with Crippen LogP contribution in [-0.4, -0.2) is 25.7 Å². The van der Waals surface area contributed by atoms with Gasteiger partial charge < -0.3 is 10.1 Å². The van der Waals surface area contributed by atoms with E-state index in [1.54, 1.807) is 0 Å². The van der Waals surface area contributed by atoms with Crippen molar-refractivity contribution in [1.82, 2.24) is 5.32 Å². The molecule has 1 aromatic rings. The minimum Gasteiger partial charge on any atom is -0.382 e. The van der Waals surface area contributed by atoms with Crippen LogP contribution < -0.4 is 5.32 Å². The summed E-state index contributed by atoms with van der Waals surface area (Å²) in [5, 5.41) is 2.89. The average molecular weight is 347 g/mol. The molecule has 0 aliphatic heterocycles. The van der Waals surface area contributed by atoms with E-state index in [0.29, 0.717) is 13.2 Å². The first kappa shape index (κ1) is 14.4. The van der Waals surface area contributed by atoms with Crippen molar-refractivity contribution in [1.29, 1.82) is 0 Å². The van der Waals surface area contributed by atoms with E-state index in [0.717, 1.165) is 22.2 Å². The summed E-state index contributed by atoms with van der Waals surface area (Å²) in [5.74, 6) is -0.00843. The van der Waals surface area contributed by atoms with E-state index in [2.05, 4.69) is 27.9 Å². The molecule has 4 heteroatoms. The highest BCUT2D eigenvalue weighted by Crippen LogP contribution is 2.13. The number of hydrogen-bond donors (Lipinski definition) is 1. The van der Waals surface area contributed by atoms with Gasteiger partial charge in [0.15, 0.2) is 0 Å². The predicted octanol–water partition coefficient (Wildman–Crippen LogP) is 2.76. The van der Waals surface area contributed by atoms with Crippen molar-refractivity contribution in [3.63, 3.8) is 0 Å². The van der Waals surface area contributed by atoms with Crippen LogP contribution in [0.4, 0.5) is 0 Å². The van der Waals surface area contributed by atoms with Gasteiger partial charge in [-0.2, -0.15) is 0 Å². The molecule has 0 saturated carbocycles. The number of nitrogens with one attached hydrogen (secondary N) is 1. The third-order valence-electron chi connectivity index (χ3n) is 2.32. The maximum absolute atomic E-state index is 11.9. The molecule has 0 aliphatic carbocycles. The van der Waals surface area contributed by atoms with Crippen LogP contribution in [-0.2, 0) is 4.74 Å². The first-order chi connectivity index (χ1) is 8.15. The van der Waals surface area contributed by atoms with Crippen LogP contribution >= 0.6 is 22.6 Å². The van der Waals surface area contributed by atoms with E-state index in [4.69, 9.17) is 4.74 Å². The summed E-state index contributed by atoms with van der Waals surface area (Å²) >= 11 is 2.19. The predicted molar refractivity (Wildman–Crippen MR) is 77.3 cm³/mol. The molecule has 0 bridgehead atoms. The second-order valence-corrected chi connectivity index (χ2v) is 4.95. The van der Waals surface area contributed by atoms with Crippen LogP contribution in [0.15, 0.2) is 18.2 Å². The minimum atomic E-state index is -0.00843. The second kappa shape index (κ2) is 7.66. The largest absolute Gasteiger partial charge is 0.382 e. The molecule has 0 spiro atoms. The minimum absolute atomic E-state index is 0.00843. The van der Waals surface area contributed by atoms with Gasteiger partial charge in [-0.3, -0.25) is 4.79 Å². The van der Waals surface area contributed by atoms with Crippen LogP contribution in [0, 0.1) is 10.5 Å². The Labute approximate surface area is 116 Å². The van der Waals surface area contributed by atoms with Gasteiger partial charge in [-0.15, -0.1) is 0 Å². The Balaban J connectivity index is 2.42. The topological polar surface area (TPSA) is 38.3 Å². The lowest BCUT2D eigenvalue weighted by atomic mass is 10.1. The number of benzene rings is 1. The Morgan fingerprint density at radius 3 is 2.88 bits per heavy atom. The fraction of sp³-hybridized carbons (Fsp3) is 0.462. The monoisotopic (exact) mass is 347 g/mol. The number of halogens is 1. The zero-order valence-electron chi connectivity index (χ0n) is 10.3. The van der Waals surface area contributed by atoms with Crippen molar-refractivity contribution in [3.05, 3.63) is 32.9 Å². The molecule has 1 rings (SSSR count). The van der Waals surface area contributed by atoms with Crippen molar-refractivity contribution in [2.24, 2.45) is 0 Å². The molecule has 0 radical (unpaired) electrons. The molecule has 1 N–H and O–H groups in total. The molecule has 17 heavy (non-hydrogen) atoms. The van der Waals surface area contributed by atoms with E-state index in [1.165, 1.54) is 5.56 Å². The van der Waals surface area contributed by atoms with E-state index >= 15 is 0 Å². The lowest BCUT2D eigenvalue weighted by molar-refractivity contribution is 0.0943. The highest BCUT2D eigenvalue weighted by Gasteiger charge is 2.08. The van der Waals surface area contributed by atoms with Gasteiger partial charge in [0.1, 0.15) is 0 Å². The van der Waals surface area contributed by atoms with E-state index < -0.39 is 0 Å². The van der Waals surface area contributed by atoms with Crippen molar-refractivity contribution in [2.75, 3.05) is 19.8 Å². The Hall–Kier alpha value is -0.620. The van der Waals surface area contributed by atoms with E-state index in [1.807, 2.05) is 32.0 Å². The summed E-state index contributed by atoms with van der Waals surface area (Å²) in [6.07, 6.45) is 0.849. The highest BCUT2D eigenvalue weighted by molar-refractivity contribution is 14.1. The number of aryl methyl sites for hydroxylation is 1. The molecule has 0 aliphatic rings. The summed E-state index contributed by atoms with van der Waals surface area (Å²) in [5.41, 5.74) is 1.91. The number of carbonyl (C=O) groups is 1. The van der Waals surface area contributed by atoms with Crippen LogP contribution in [0.25, 0.3) is 0 Å². The smallest absolute Gasteiger partial charge is 0.252 e. The molecule has 0 saturated heterocycles. The van der Waals surface area contributed by atoms with Gasteiger partial charge in [-0.25, -0.2) is 0 Å². The van der Waals surface area contributed by atoms with Gasteiger partial charge >= 0.3 is 0 Å². The van der Waals surface area contributed by atoms with Gasteiger partial charge in [0.2, 0.25) is 0 Å². The third-order valence-corrected chi connectivity index (χ3v) is 3.22. The molecular formula is C13H18INO2. The SMILES string of the molecule is CCOCCCNC(=O)c1ccc(C)cc1I. The number of carbonyl (C=O) groups excluding carboxylic acids is 1. The van der Waals surface area contributed by atoms with Gasteiger partial charge in [-0.1, -0.05) is 11.6 Å². The molecule has 1 amide bonds. The summed E-state index contributed by atoms with van der Waals surface area (Å²) in [7, 11) is 0. The molecular weight excluding hydrogens is 329 g/mol. The van der Waals surface area contributed by atoms with Crippen molar-refractivity contribution < 1.29 is 9.53 Å². The molecule has 0 aromatic heterocycles. The number of hydrogen-bond acceptors (Lipinski definition) is 2. The third kappa shape index (κ3) is 5.04. The lowest BCUT2D eigenvalue weighted by Gasteiger charge is -2.07. The van der Waals surface area contributed by atoms with Crippen molar-refractivity contribution >= 4 is 28.5 Å². The van der Waals surface area contributed by atoms with E-state index in [9.17, 15) is 4.79 Å². The Kier molecular flexibility index (Phi) is 6.50. The van der Waals surface area contributed by atoms with Crippen LogP contribution in [0.3, 0.4) is 0 Å². The summed E-state index contributed by atoms with van der Waals surface area (Å²) in [6.45, 7) is 6.06. The van der Waals surface area contributed by atoms with Gasteiger partial charge in [0.25, 0.3) is 5.91 Å². The molecule has 94 valence electrons. The summed E-state index contributed by atoms with van der Waals surface area (Å²) in [6, 6.07) is 5.84. The number of ether oxygens (including phenoxy) is 1. The quantitative estimate of drug-likeness (QED) is 0.635. The standard InChI is InChI=1S/C13H18INO2/c1-3-17-8-4-7-15-13(16)11-6-5-10(2)9-12(11)14/h5-6,9H,3-4,7-8H2,1-2H3,(H,15,16). The zero-order chi connectivity index (χ0) is 12.7. The van der Waals surface area contributed by atoms with Gasteiger partial charge in [-0.05, 0) is 55.0 Å². The average Bonchev–Trinajstić information content (AvgIpc) is 2.28. The Bertz CT molecular complexity index is 380. The molecule has 1 aromatic carbocycles. The number of amides is 1. The zero-order valence-corrected chi connectivity index (χ0v) is 12.4. The van der Waals surface area contributed by atoms with Gasteiger partial charge in [0, 0.05) is 23.3 Å². The molecule has 0 atom stereocenters. The maximum Gasteiger partial charge on any atom is 0.252 e. The molecule has 0 fully saturated rings. The first-order valence-corrected chi connectivity index (χ1v) is 6.85. The van der Waals surface area contributed by atoms with E-state index in [-0.39, 0.29) is 5.91 Å². The molecule has 0 unspecified atom stereocenters. The summed E-state index contributed by atoms with van der Waals surface area (Å²) < 4.78 is 6.20. The maximum atomic E-state index is 11.9.